The Hall–Kier alpha value is -1.36. The highest BCUT2D eigenvalue weighted by atomic mass is 16.5. The van der Waals surface area contributed by atoms with Gasteiger partial charge in [0.2, 0.25) is 5.91 Å². The first-order chi connectivity index (χ1) is 8.43. The molecule has 3 atom stereocenters. The van der Waals surface area contributed by atoms with E-state index in [1.807, 2.05) is 13.8 Å². The highest BCUT2D eigenvalue weighted by molar-refractivity contribution is 5.85. The summed E-state index contributed by atoms with van der Waals surface area (Å²) >= 11 is 0. The highest BCUT2D eigenvalue weighted by Gasteiger charge is 2.25. The van der Waals surface area contributed by atoms with Gasteiger partial charge in [0.25, 0.3) is 0 Å². The molecule has 5 heteroatoms. The number of hydrogen-bond donors (Lipinski definition) is 2. The number of rotatable bonds is 9. The standard InChI is InChI=1S/C13H23NO4/c1-5-7-18-8-11(13(16)17)14-12(15)10(4)9(3)6-2/h5,9-11H,1,6-8H2,2-4H3,(H,14,15)(H,16,17). The molecule has 0 rings (SSSR count). The Kier molecular flexibility index (Phi) is 8.03. The molecule has 0 aliphatic rings. The van der Waals surface area contributed by atoms with Crippen LogP contribution >= 0.6 is 0 Å². The number of carboxylic acid groups (broad SMARTS) is 1. The van der Waals surface area contributed by atoms with Crippen LogP contribution in [0.1, 0.15) is 27.2 Å². The van der Waals surface area contributed by atoms with Crippen LogP contribution in [0.3, 0.4) is 0 Å². The molecule has 0 aromatic rings. The lowest BCUT2D eigenvalue weighted by molar-refractivity contribution is -0.144. The second-order valence-electron chi connectivity index (χ2n) is 4.40. The molecule has 0 spiro atoms. The van der Waals surface area contributed by atoms with Gasteiger partial charge >= 0.3 is 5.97 Å². The van der Waals surface area contributed by atoms with Crippen molar-refractivity contribution in [2.45, 2.75) is 33.2 Å². The number of nitrogens with one attached hydrogen (secondary N) is 1. The molecule has 0 aromatic heterocycles. The Bertz CT molecular complexity index is 291. The highest BCUT2D eigenvalue weighted by Crippen LogP contribution is 2.14. The van der Waals surface area contributed by atoms with Gasteiger partial charge in [-0.1, -0.05) is 33.3 Å². The third-order valence-corrected chi connectivity index (χ3v) is 3.05. The summed E-state index contributed by atoms with van der Waals surface area (Å²) < 4.78 is 5.06. The molecular formula is C13H23NO4. The number of amides is 1. The summed E-state index contributed by atoms with van der Waals surface area (Å²) in [6, 6.07) is -1.01. The lowest BCUT2D eigenvalue weighted by Crippen LogP contribution is -2.46. The summed E-state index contributed by atoms with van der Waals surface area (Å²) in [4.78, 5) is 22.8. The van der Waals surface area contributed by atoms with Gasteiger partial charge in [0.05, 0.1) is 13.2 Å². The molecule has 5 nitrogen and oxygen atoms in total. The third-order valence-electron chi connectivity index (χ3n) is 3.05. The molecular weight excluding hydrogens is 234 g/mol. The third kappa shape index (κ3) is 5.82. The molecule has 0 fully saturated rings. The molecule has 0 heterocycles. The Labute approximate surface area is 108 Å². The minimum Gasteiger partial charge on any atom is -0.480 e. The van der Waals surface area contributed by atoms with Crippen molar-refractivity contribution < 1.29 is 19.4 Å². The fraction of sp³-hybridized carbons (Fsp3) is 0.692. The van der Waals surface area contributed by atoms with Crippen molar-refractivity contribution >= 4 is 11.9 Å². The molecule has 0 aliphatic carbocycles. The number of carbonyl (C=O) groups excluding carboxylic acids is 1. The molecule has 2 N–H and O–H groups in total. The van der Waals surface area contributed by atoms with Crippen LogP contribution < -0.4 is 5.32 Å². The average Bonchev–Trinajstić information content (AvgIpc) is 2.35. The Morgan fingerprint density at radius 1 is 1.44 bits per heavy atom. The molecule has 0 saturated heterocycles. The van der Waals surface area contributed by atoms with Crippen LogP contribution in [0.4, 0.5) is 0 Å². The number of hydrogen-bond acceptors (Lipinski definition) is 3. The monoisotopic (exact) mass is 257 g/mol. The topological polar surface area (TPSA) is 75.6 Å². The first-order valence-electron chi connectivity index (χ1n) is 6.15. The lowest BCUT2D eigenvalue weighted by Gasteiger charge is -2.21. The zero-order valence-corrected chi connectivity index (χ0v) is 11.3. The summed E-state index contributed by atoms with van der Waals surface area (Å²) in [5, 5.41) is 11.5. The van der Waals surface area contributed by atoms with Gasteiger partial charge in [-0.15, -0.1) is 6.58 Å². The van der Waals surface area contributed by atoms with Gasteiger partial charge < -0.3 is 15.2 Å². The smallest absolute Gasteiger partial charge is 0.328 e. The van der Waals surface area contributed by atoms with Gasteiger partial charge in [0.15, 0.2) is 6.04 Å². The summed E-state index contributed by atoms with van der Waals surface area (Å²) in [5.74, 6) is -1.34. The Balaban J connectivity index is 4.35. The van der Waals surface area contributed by atoms with E-state index >= 15 is 0 Å². The van der Waals surface area contributed by atoms with Crippen molar-refractivity contribution in [1.29, 1.82) is 0 Å². The zero-order chi connectivity index (χ0) is 14.1. The van der Waals surface area contributed by atoms with E-state index in [9.17, 15) is 9.59 Å². The molecule has 18 heavy (non-hydrogen) atoms. The van der Waals surface area contributed by atoms with Crippen LogP contribution in [0.5, 0.6) is 0 Å². The minimum absolute atomic E-state index is 0.0552. The van der Waals surface area contributed by atoms with Crippen molar-refractivity contribution in [2.75, 3.05) is 13.2 Å². The summed E-state index contributed by atoms with van der Waals surface area (Å²) in [5.41, 5.74) is 0. The maximum absolute atomic E-state index is 11.8. The van der Waals surface area contributed by atoms with Gasteiger partial charge in [-0.3, -0.25) is 4.79 Å². The van der Waals surface area contributed by atoms with Crippen molar-refractivity contribution in [3.63, 3.8) is 0 Å². The van der Waals surface area contributed by atoms with E-state index in [-0.39, 0.29) is 31.0 Å². The van der Waals surface area contributed by atoms with Gasteiger partial charge in [-0.2, -0.15) is 0 Å². The van der Waals surface area contributed by atoms with E-state index in [4.69, 9.17) is 9.84 Å². The molecule has 0 aliphatic heterocycles. The number of ether oxygens (including phenoxy) is 1. The molecule has 0 aromatic carbocycles. The fourth-order valence-corrected chi connectivity index (χ4v) is 1.36. The SMILES string of the molecule is C=CCOCC(NC(=O)C(C)C(C)CC)C(=O)O. The van der Waals surface area contributed by atoms with Crippen molar-refractivity contribution in [1.82, 2.24) is 5.32 Å². The van der Waals surface area contributed by atoms with Gasteiger partial charge in [-0.25, -0.2) is 4.79 Å². The van der Waals surface area contributed by atoms with Gasteiger partial charge in [0, 0.05) is 5.92 Å². The van der Waals surface area contributed by atoms with Gasteiger partial charge in [0.1, 0.15) is 0 Å². The number of carbonyl (C=O) groups is 2. The zero-order valence-electron chi connectivity index (χ0n) is 11.3. The summed E-state index contributed by atoms with van der Waals surface area (Å²) in [7, 11) is 0. The average molecular weight is 257 g/mol. The largest absolute Gasteiger partial charge is 0.480 e. The summed E-state index contributed by atoms with van der Waals surface area (Å²) in [6.07, 6.45) is 2.40. The molecule has 0 saturated carbocycles. The van der Waals surface area contributed by atoms with E-state index in [0.29, 0.717) is 0 Å². The Morgan fingerprint density at radius 2 is 2.06 bits per heavy atom. The molecule has 104 valence electrons. The predicted molar refractivity (Wildman–Crippen MR) is 69.2 cm³/mol. The van der Waals surface area contributed by atoms with Crippen LogP contribution in [-0.2, 0) is 14.3 Å². The maximum atomic E-state index is 11.8. The molecule has 3 unspecified atom stereocenters. The van der Waals surface area contributed by atoms with Crippen molar-refractivity contribution in [3.05, 3.63) is 12.7 Å². The predicted octanol–water partition coefficient (Wildman–Crippen LogP) is 1.44. The fourth-order valence-electron chi connectivity index (χ4n) is 1.36. The quantitative estimate of drug-likeness (QED) is 0.484. The van der Waals surface area contributed by atoms with Crippen LogP contribution in [0.15, 0.2) is 12.7 Å². The first-order valence-corrected chi connectivity index (χ1v) is 6.15. The number of aliphatic carboxylic acids is 1. The Morgan fingerprint density at radius 3 is 2.50 bits per heavy atom. The van der Waals surface area contributed by atoms with E-state index in [1.54, 1.807) is 6.92 Å². The molecule has 0 radical (unpaired) electrons. The van der Waals surface area contributed by atoms with Crippen LogP contribution in [0.2, 0.25) is 0 Å². The van der Waals surface area contributed by atoms with E-state index in [2.05, 4.69) is 11.9 Å². The molecule has 1 amide bonds. The summed E-state index contributed by atoms with van der Waals surface area (Å²) in [6.45, 7) is 9.44. The maximum Gasteiger partial charge on any atom is 0.328 e. The van der Waals surface area contributed by atoms with Crippen LogP contribution in [0.25, 0.3) is 0 Å². The minimum atomic E-state index is -1.09. The van der Waals surface area contributed by atoms with Crippen molar-refractivity contribution in [2.24, 2.45) is 11.8 Å². The lowest BCUT2D eigenvalue weighted by atomic mass is 9.92. The second-order valence-corrected chi connectivity index (χ2v) is 4.40. The van der Waals surface area contributed by atoms with E-state index in [1.165, 1.54) is 6.08 Å². The normalized spacial score (nSPS) is 15.5. The molecule has 0 bridgehead atoms. The van der Waals surface area contributed by atoms with Crippen LogP contribution in [0, 0.1) is 11.8 Å². The first kappa shape index (κ1) is 16.6. The van der Waals surface area contributed by atoms with E-state index in [0.717, 1.165) is 6.42 Å². The van der Waals surface area contributed by atoms with Crippen molar-refractivity contribution in [3.8, 4) is 0 Å². The van der Waals surface area contributed by atoms with E-state index < -0.39 is 12.0 Å². The number of carboxylic acids is 1. The second kappa shape index (κ2) is 8.69. The van der Waals surface area contributed by atoms with Crippen LogP contribution in [-0.4, -0.2) is 36.2 Å². The van der Waals surface area contributed by atoms with Gasteiger partial charge in [-0.05, 0) is 5.92 Å².